The number of thiophene rings is 4. The summed E-state index contributed by atoms with van der Waals surface area (Å²) in [6, 6.07) is 9.65. The third kappa shape index (κ3) is 9.93. The van der Waals surface area contributed by atoms with Crippen molar-refractivity contribution in [1.29, 1.82) is 0 Å². The van der Waals surface area contributed by atoms with Crippen molar-refractivity contribution in [2.24, 2.45) is 0 Å². The lowest BCUT2D eigenvalue weighted by Crippen LogP contribution is -2.24. The maximum Gasteiger partial charge on any atom is 0.129 e. The Bertz CT molecular complexity index is 1800. The Morgan fingerprint density at radius 1 is 0.608 bits per heavy atom. The monoisotopic (exact) mass is 852 g/mol. The van der Waals surface area contributed by atoms with Gasteiger partial charge in [0.2, 0.25) is 0 Å². The highest BCUT2D eigenvalue weighted by atomic mass is 79.9. The van der Waals surface area contributed by atoms with E-state index in [0.717, 1.165) is 0 Å². The van der Waals surface area contributed by atoms with Crippen LogP contribution in [0.15, 0.2) is 38.8 Å². The summed E-state index contributed by atoms with van der Waals surface area (Å²) < 4.78 is 1.29. The van der Waals surface area contributed by atoms with Gasteiger partial charge in [0, 0.05) is 30.3 Å². The van der Waals surface area contributed by atoms with Gasteiger partial charge in [-0.05, 0) is 98.9 Å². The van der Waals surface area contributed by atoms with E-state index in [4.69, 9.17) is 6.42 Å². The fourth-order valence-electron chi connectivity index (χ4n) is 7.37. The number of rotatable bonds is 12. The molecule has 0 aliphatic heterocycles. The Hall–Kier alpha value is -1.17. The molecule has 0 spiro atoms. The molecular weight excluding hydrogens is 793 g/mol. The molecule has 0 unspecified atom stereocenters. The van der Waals surface area contributed by atoms with E-state index in [-0.39, 0.29) is 5.41 Å². The van der Waals surface area contributed by atoms with E-state index in [0.29, 0.717) is 5.41 Å². The van der Waals surface area contributed by atoms with Crippen LogP contribution >= 0.6 is 61.3 Å². The third-order valence-corrected chi connectivity index (χ3v) is 16.6. The predicted molar refractivity (Wildman–Crippen MR) is 245 cm³/mol. The van der Waals surface area contributed by atoms with Gasteiger partial charge in [-0.3, -0.25) is 0 Å². The topological polar surface area (TPSA) is 0 Å². The Kier molecular flexibility index (Phi) is 15.4. The van der Waals surface area contributed by atoms with E-state index in [2.05, 4.69) is 135 Å². The minimum absolute atomic E-state index is 0.256. The summed E-state index contributed by atoms with van der Waals surface area (Å²) in [5.74, 6) is 3.52. The van der Waals surface area contributed by atoms with E-state index < -0.39 is 16.1 Å². The van der Waals surface area contributed by atoms with Crippen LogP contribution in [0.1, 0.15) is 132 Å². The molecule has 276 valence electrons. The zero-order valence-electron chi connectivity index (χ0n) is 33.0. The van der Waals surface area contributed by atoms with Crippen LogP contribution in [0.5, 0.6) is 0 Å². The van der Waals surface area contributed by atoms with Crippen molar-refractivity contribution in [2.45, 2.75) is 155 Å². The summed E-state index contributed by atoms with van der Waals surface area (Å²) in [5, 5.41) is 4.58. The number of hydrogen-bond acceptors (Lipinski definition) is 4. The minimum atomic E-state index is -1.33. The maximum absolute atomic E-state index is 5.12. The lowest BCUT2D eigenvalue weighted by Gasteiger charge is -2.31. The third-order valence-electron chi connectivity index (χ3n) is 10.1. The Labute approximate surface area is 338 Å². The van der Waals surface area contributed by atoms with Crippen LogP contribution in [-0.4, -0.2) is 16.1 Å². The SMILES string of the molecule is C#C[Si](C)(C)C.CCCCC1(CCCC)c2ccsc2-c2sc(Br)cc21.CCCCC1(CCCC)c2ccsc2-c2sc(C#C[Si](C)(C)C)cc21. The summed E-state index contributed by atoms with van der Waals surface area (Å²) in [4.78, 5) is 7.42. The van der Waals surface area contributed by atoms with Crippen molar-refractivity contribution in [3.8, 4) is 42.9 Å². The van der Waals surface area contributed by atoms with Gasteiger partial charge in [0.05, 0.1) is 8.66 Å². The highest BCUT2D eigenvalue weighted by Gasteiger charge is 2.45. The standard InChI is InChI=1S/C22H30S2Si.C17H21BrS2.C5H10Si/c1-6-8-12-22(13-9-7-2)18-10-14-23-20(18)21-19(22)16-17(24-21)11-15-25(3,4)5;1-3-5-8-17(9-6-4-2)12-7-10-19-15(12)16-13(17)11-14(18)20-16;1-5-6(2,3)4/h10,14,16H,6-9,12-13H2,1-5H3;7,10-11H,3-6,8-9H2,1-2H3;1H,2-4H3. The first kappa shape index (κ1) is 42.6. The quantitative estimate of drug-likeness (QED) is 0.0984. The van der Waals surface area contributed by atoms with Gasteiger partial charge in [-0.15, -0.1) is 62.9 Å². The molecule has 4 aromatic rings. The van der Waals surface area contributed by atoms with Gasteiger partial charge in [-0.25, -0.2) is 0 Å². The van der Waals surface area contributed by atoms with Crippen LogP contribution in [0.3, 0.4) is 0 Å². The zero-order valence-corrected chi connectivity index (χ0v) is 39.9. The molecule has 6 rings (SSSR count). The molecule has 0 nitrogen and oxygen atoms in total. The fraction of sp³-hybridized carbons (Fsp3) is 0.545. The van der Waals surface area contributed by atoms with Crippen LogP contribution in [-0.2, 0) is 10.8 Å². The Morgan fingerprint density at radius 2 is 1.02 bits per heavy atom. The van der Waals surface area contributed by atoms with Gasteiger partial charge in [0.1, 0.15) is 16.1 Å². The summed E-state index contributed by atoms with van der Waals surface area (Å²) in [5.41, 5.74) is 13.3. The molecule has 0 fully saturated rings. The maximum atomic E-state index is 5.12. The molecule has 2 aliphatic carbocycles. The molecule has 7 heteroatoms. The van der Waals surface area contributed by atoms with Gasteiger partial charge in [-0.1, -0.05) is 124 Å². The summed E-state index contributed by atoms with van der Waals surface area (Å²) in [7, 11) is -2.43. The first-order chi connectivity index (χ1) is 24.2. The van der Waals surface area contributed by atoms with E-state index in [1.807, 2.05) is 45.3 Å². The lowest BCUT2D eigenvalue weighted by atomic mass is 9.72. The molecule has 4 aromatic heterocycles. The average molecular weight is 854 g/mol. The van der Waals surface area contributed by atoms with Gasteiger partial charge in [-0.2, -0.15) is 0 Å². The molecule has 51 heavy (non-hydrogen) atoms. The van der Waals surface area contributed by atoms with E-state index in [1.165, 1.54) is 100 Å². The lowest BCUT2D eigenvalue weighted by molar-refractivity contribution is 0.415. The van der Waals surface area contributed by atoms with Crippen molar-refractivity contribution >= 4 is 77.4 Å². The molecule has 0 amide bonds. The molecule has 0 N–H and O–H groups in total. The average Bonchev–Trinajstić information content (AvgIpc) is 3.92. The number of hydrogen-bond donors (Lipinski definition) is 0. The predicted octanol–water partition coefficient (Wildman–Crippen LogP) is 16.4. The highest BCUT2D eigenvalue weighted by molar-refractivity contribution is 9.11. The largest absolute Gasteiger partial charge is 0.143 e. The van der Waals surface area contributed by atoms with Crippen molar-refractivity contribution < 1.29 is 0 Å². The zero-order chi connectivity index (χ0) is 37.5. The van der Waals surface area contributed by atoms with Crippen LogP contribution in [0.25, 0.3) is 19.5 Å². The molecule has 0 bridgehead atoms. The summed E-state index contributed by atoms with van der Waals surface area (Å²) >= 11 is 11.4. The first-order valence-electron chi connectivity index (χ1n) is 19.3. The molecule has 4 heterocycles. The Morgan fingerprint density at radius 3 is 1.41 bits per heavy atom. The first-order valence-corrected chi connectivity index (χ1v) is 30.5. The molecule has 0 saturated carbocycles. The number of unbranched alkanes of at least 4 members (excludes halogenated alkanes) is 4. The number of fused-ring (bicyclic) bond motifs is 6. The normalized spacial score (nSPS) is 14.5. The Balaban J connectivity index is 0.000000201. The van der Waals surface area contributed by atoms with Crippen LogP contribution in [0.2, 0.25) is 39.3 Å². The van der Waals surface area contributed by atoms with Crippen LogP contribution in [0.4, 0.5) is 0 Å². The van der Waals surface area contributed by atoms with Gasteiger partial charge >= 0.3 is 0 Å². The highest BCUT2D eigenvalue weighted by Crippen LogP contribution is 2.60. The molecular formula is C44H61BrS4Si2. The molecule has 2 aliphatic rings. The van der Waals surface area contributed by atoms with Gasteiger partial charge in [0.25, 0.3) is 0 Å². The minimum Gasteiger partial charge on any atom is -0.143 e. The van der Waals surface area contributed by atoms with E-state index >= 15 is 0 Å². The number of halogens is 1. The van der Waals surface area contributed by atoms with E-state index in [9.17, 15) is 0 Å². The second-order valence-electron chi connectivity index (χ2n) is 16.4. The van der Waals surface area contributed by atoms with Crippen molar-refractivity contribution in [3.63, 3.8) is 0 Å². The summed E-state index contributed by atoms with van der Waals surface area (Å²) in [6.07, 6.45) is 20.7. The van der Waals surface area contributed by atoms with Crippen LogP contribution in [0, 0.1) is 23.4 Å². The molecule has 0 saturated heterocycles. The summed E-state index contributed by atoms with van der Waals surface area (Å²) in [6.45, 7) is 22.7. The van der Waals surface area contributed by atoms with E-state index in [1.54, 1.807) is 27.1 Å². The second-order valence-corrected chi connectivity index (χ2v) is 31.3. The number of terminal acetylenes is 1. The van der Waals surface area contributed by atoms with Crippen molar-refractivity contribution in [1.82, 2.24) is 0 Å². The van der Waals surface area contributed by atoms with Crippen LogP contribution < -0.4 is 0 Å². The van der Waals surface area contributed by atoms with Gasteiger partial charge < -0.3 is 0 Å². The molecule has 0 radical (unpaired) electrons. The second kappa shape index (κ2) is 18.4. The smallest absolute Gasteiger partial charge is 0.129 e. The van der Waals surface area contributed by atoms with Crippen molar-refractivity contribution in [3.05, 3.63) is 65.9 Å². The molecule has 0 atom stereocenters. The fourth-order valence-corrected chi connectivity index (χ4v) is 13.1. The molecule has 0 aromatic carbocycles. The van der Waals surface area contributed by atoms with Crippen molar-refractivity contribution in [2.75, 3.05) is 0 Å². The van der Waals surface area contributed by atoms with Gasteiger partial charge in [0.15, 0.2) is 0 Å².